The maximum Gasteiger partial charge on any atom is 0.255 e. The number of fused-ring (bicyclic) bond motifs is 1. The zero-order valence-corrected chi connectivity index (χ0v) is 18.5. The summed E-state index contributed by atoms with van der Waals surface area (Å²) in [5, 5.41) is 12.2. The molecular weight excluding hydrogens is 390 g/mol. The predicted molar refractivity (Wildman–Crippen MR) is 122 cm³/mol. The number of aryl methyl sites for hydroxylation is 1. The van der Waals surface area contributed by atoms with Crippen LogP contribution in [0.1, 0.15) is 56.0 Å². The third kappa shape index (κ3) is 4.28. The molecule has 1 saturated heterocycles. The molecule has 0 saturated carbocycles. The Balaban J connectivity index is 1.71. The third-order valence-electron chi connectivity index (χ3n) is 6.29. The first-order valence-corrected chi connectivity index (χ1v) is 11.1. The van der Waals surface area contributed by atoms with Crippen molar-refractivity contribution in [1.29, 1.82) is 0 Å². The van der Waals surface area contributed by atoms with Crippen molar-refractivity contribution < 1.29 is 9.53 Å². The summed E-state index contributed by atoms with van der Waals surface area (Å²) >= 11 is 0. The number of ether oxygens (including phenoxy) is 1. The fourth-order valence-corrected chi connectivity index (χ4v) is 4.12. The summed E-state index contributed by atoms with van der Waals surface area (Å²) in [5.74, 6) is -0.138. The van der Waals surface area contributed by atoms with E-state index in [1.165, 1.54) is 0 Å². The SMILES string of the molecule is CCn1ncc2c(NC3CCOCC3)c(C(=O)NC(C)(CC)c3ccccc3)cnc21. The summed E-state index contributed by atoms with van der Waals surface area (Å²) in [6, 6.07) is 10.3. The number of rotatable bonds is 7. The van der Waals surface area contributed by atoms with E-state index in [0.29, 0.717) is 5.56 Å². The molecule has 0 aliphatic carbocycles. The summed E-state index contributed by atoms with van der Waals surface area (Å²) in [4.78, 5) is 18.1. The van der Waals surface area contributed by atoms with Crippen molar-refractivity contribution in [2.45, 2.75) is 58.2 Å². The highest BCUT2D eigenvalue weighted by atomic mass is 16.5. The van der Waals surface area contributed by atoms with Gasteiger partial charge in [0.25, 0.3) is 5.91 Å². The average molecular weight is 422 g/mol. The van der Waals surface area contributed by atoms with Crippen LogP contribution in [0.15, 0.2) is 42.7 Å². The van der Waals surface area contributed by atoms with Crippen LogP contribution in [0, 0.1) is 0 Å². The van der Waals surface area contributed by atoms with Crippen LogP contribution in [0.4, 0.5) is 5.69 Å². The van der Waals surface area contributed by atoms with Gasteiger partial charge in [0.1, 0.15) is 0 Å². The highest BCUT2D eigenvalue weighted by molar-refractivity contribution is 6.06. The Bertz CT molecular complexity index is 1040. The highest BCUT2D eigenvalue weighted by Crippen LogP contribution is 2.30. The summed E-state index contributed by atoms with van der Waals surface area (Å²) in [6.07, 6.45) is 6.07. The molecule has 1 unspecified atom stereocenters. The van der Waals surface area contributed by atoms with Gasteiger partial charge in [-0.2, -0.15) is 5.10 Å². The predicted octanol–water partition coefficient (Wildman–Crippen LogP) is 4.10. The molecule has 1 aromatic carbocycles. The number of aromatic nitrogens is 3. The first kappa shape index (κ1) is 21.3. The van der Waals surface area contributed by atoms with Crippen molar-refractivity contribution in [1.82, 2.24) is 20.1 Å². The van der Waals surface area contributed by atoms with Crippen LogP contribution in [-0.2, 0) is 16.8 Å². The molecule has 1 fully saturated rings. The zero-order chi connectivity index (χ0) is 21.8. The molecule has 0 radical (unpaired) electrons. The Hall–Kier alpha value is -2.93. The molecule has 2 aromatic heterocycles. The lowest BCUT2D eigenvalue weighted by Gasteiger charge is -2.31. The smallest absolute Gasteiger partial charge is 0.255 e. The molecule has 1 atom stereocenters. The maximum atomic E-state index is 13.5. The number of pyridine rings is 1. The Labute approximate surface area is 183 Å². The molecule has 164 valence electrons. The van der Waals surface area contributed by atoms with E-state index < -0.39 is 5.54 Å². The quantitative estimate of drug-likeness (QED) is 0.600. The zero-order valence-electron chi connectivity index (χ0n) is 18.5. The summed E-state index contributed by atoms with van der Waals surface area (Å²) in [6.45, 7) is 8.36. The van der Waals surface area contributed by atoms with E-state index >= 15 is 0 Å². The summed E-state index contributed by atoms with van der Waals surface area (Å²) < 4.78 is 7.36. The van der Waals surface area contributed by atoms with Crippen LogP contribution in [0.5, 0.6) is 0 Å². The standard InChI is InChI=1S/C24H31N5O2/c1-4-24(3,17-9-7-6-8-10-17)28-23(30)20-15-25-22-19(16-26-29(22)5-2)21(20)27-18-11-13-31-14-12-18/h6-10,15-16,18H,4-5,11-14H2,1-3H3,(H,25,27)(H,28,30). The van der Waals surface area contributed by atoms with Gasteiger partial charge in [-0.25, -0.2) is 9.67 Å². The monoisotopic (exact) mass is 421 g/mol. The largest absolute Gasteiger partial charge is 0.381 e. The number of amides is 1. The molecule has 4 rings (SSSR count). The fourth-order valence-electron chi connectivity index (χ4n) is 4.12. The highest BCUT2D eigenvalue weighted by Gasteiger charge is 2.29. The molecule has 1 amide bonds. The lowest BCUT2D eigenvalue weighted by atomic mass is 9.89. The average Bonchev–Trinajstić information content (AvgIpc) is 3.24. The van der Waals surface area contributed by atoms with Crippen molar-refractivity contribution in [3.8, 4) is 0 Å². The van der Waals surface area contributed by atoms with Crippen LogP contribution >= 0.6 is 0 Å². The molecule has 7 heteroatoms. The number of hydrogen-bond acceptors (Lipinski definition) is 5. The fraction of sp³-hybridized carbons (Fsp3) is 0.458. The lowest BCUT2D eigenvalue weighted by molar-refractivity contribution is 0.0896. The lowest BCUT2D eigenvalue weighted by Crippen LogP contribution is -2.43. The molecule has 1 aliphatic heterocycles. The van der Waals surface area contributed by atoms with E-state index in [-0.39, 0.29) is 11.9 Å². The van der Waals surface area contributed by atoms with E-state index in [1.54, 1.807) is 12.4 Å². The van der Waals surface area contributed by atoms with Crippen molar-refractivity contribution in [3.63, 3.8) is 0 Å². The van der Waals surface area contributed by atoms with Crippen LogP contribution in [-0.4, -0.2) is 39.9 Å². The van der Waals surface area contributed by atoms with E-state index in [1.807, 2.05) is 29.8 Å². The second-order valence-electron chi connectivity index (χ2n) is 8.28. The minimum atomic E-state index is -0.475. The van der Waals surface area contributed by atoms with Gasteiger partial charge >= 0.3 is 0 Å². The number of carbonyl (C=O) groups excluding carboxylic acids is 1. The van der Waals surface area contributed by atoms with Crippen molar-refractivity contribution in [2.75, 3.05) is 18.5 Å². The number of carbonyl (C=O) groups is 1. The Morgan fingerprint density at radius 3 is 2.61 bits per heavy atom. The molecule has 1 aliphatic rings. The molecule has 3 aromatic rings. The van der Waals surface area contributed by atoms with Crippen LogP contribution in [0.25, 0.3) is 11.0 Å². The Kier molecular flexibility index (Phi) is 6.23. The van der Waals surface area contributed by atoms with Gasteiger partial charge in [0.2, 0.25) is 0 Å². The van der Waals surface area contributed by atoms with Gasteiger partial charge in [-0.3, -0.25) is 4.79 Å². The molecule has 0 spiro atoms. The van der Waals surface area contributed by atoms with Crippen LogP contribution < -0.4 is 10.6 Å². The van der Waals surface area contributed by atoms with Gasteiger partial charge < -0.3 is 15.4 Å². The van der Waals surface area contributed by atoms with E-state index in [9.17, 15) is 4.79 Å². The topological polar surface area (TPSA) is 81.1 Å². The summed E-state index contributed by atoms with van der Waals surface area (Å²) in [7, 11) is 0. The number of benzene rings is 1. The van der Waals surface area contributed by atoms with Crippen molar-refractivity contribution >= 4 is 22.6 Å². The minimum Gasteiger partial charge on any atom is -0.381 e. The molecule has 7 nitrogen and oxygen atoms in total. The molecule has 0 bridgehead atoms. The van der Waals surface area contributed by atoms with Crippen LogP contribution in [0.3, 0.4) is 0 Å². The van der Waals surface area contributed by atoms with E-state index in [0.717, 1.165) is 61.3 Å². The normalized spacial score (nSPS) is 16.7. The number of hydrogen-bond donors (Lipinski definition) is 2. The van der Waals surface area contributed by atoms with Crippen molar-refractivity contribution in [3.05, 3.63) is 53.9 Å². The number of nitrogens with zero attached hydrogens (tertiary/aromatic N) is 3. The van der Waals surface area contributed by atoms with E-state index in [4.69, 9.17) is 4.74 Å². The van der Waals surface area contributed by atoms with Crippen LogP contribution in [0.2, 0.25) is 0 Å². The van der Waals surface area contributed by atoms with E-state index in [2.05, 4.69) is 46.7 Å². The van der Waals surface area contributed by atoms with Gasteiger partial charge in [-0.05, 0) is 38.7 Å². The van der Waals surface area contributed by atoms with Gasteiger partial charge in [-0.1, -0.05) is 37.3 Å². The van der Waals surface area contributed by atoms with Gasteiger partial charge in [0, 0.05) is 32.0 Å². The molecule has 3 heterocycles. The minimum absolute atomic E-state index is 0.138. The second kappa shape index (κ2) is 9.06. The number of nitrogens with one attached hydrogen (secondary N) is 2. The Morgan fingerprint density at radius 1 is 1.19 bits per heavy atom. The first-order valence-electron chi connectivity index (χ1n) is 11.1. The molecular formula is C24H31N5O2. The first-order chi connectivity index (χ1) is 15.1. The van der Waals surface area contributed by atoms with Gasteiger partial charge in [-0.15, -0.1) is 0 Å². The molecule has 31 heavy (non-hydrogen) atoms. The Morgan fingerprint density at radius 2 is 1.94 bits per heavy atom. The maximum absolute atomic E-state index is 13.5. The van der Waals surface area contributed by atoms with Gasteiger partial charge in [0.05, 0.1) is 28.4 Å². The number of anilines is 1. The van der Waals surface area contributed by atoms with Gasteiger partial charge in [0.15, 0.2) is 5.65 Å². The van der Waals surface area contributed by atoms with Crippen molar-refractivity contribution in [2.24, 2.45) is 0 Å². The third-order valence-corrected chi connectivity index (χ3v) is 6.29. The second-order valence-corrected chi connectivity index (χ2v) is 8.28. The summed E-state index contributed by atoms with van der Waals surface area (Å²) in [5.41, 5.74) is 2.75. The molecule has 2 N–H and O–H groups in total.